The highest BCUT2D eigenvalue weighted by Gasteiger charge is 2.14. The van der Waals surface area contributed by atoms with Gasteiger partial charge in [0.2, 0.25) is 0 Å². The summed E-state index contributed by atoms with van der Waals surface area (Å²) in [6.07, 6.45) is 0. The van der Waals surface area contributed by atoms with Crippen molar-refractivity contribution < 1.29 is 0 Å². The monoisotopic (exact) mass is 145 g/mol. The van der Waals surface area contributed by atoms with Gasteiger partial charge in [0.05, 0.1) is 0 Å². The van der Waals surface area contributed by atoms with Gasteiger partial charge in [0, 0.05) is 17.8 Å². The van der Waals surface area contributed by atoms with Crippen LogP contribution < -0.4 is 5.32 Å². The molecule has 1 aliphatic rings. The molecule has 1 aromatic carbocycles. The van der Waals surface area contributed by atoms with E-state index in [1.807, 2.05) is 0 Å². The van der Waals surface area contributed by atoms with Gasteiger partial charge in [-0.05, 0) is 18.1 Å². The lowest BCUT2D eigenvalue weighted by atomic mass is 10.0. The van der Waals surface area contributed by atoms with Gasteiger partial charge in [-0.3, -0.25) is 0 Å². The van der Waals surface area contributed by atoms with Crippen molar-refractivity contribution in [1.82, 2.24) is 5.32 Å². The summed E-state index contributed by atoms with van der Waals surface area (Å²) in [5.74, 6) is 0. The lowest BCUT2D eigenvalue weighted by molar-refractivity contribution is 0.946. The van der Waals surface area contributed by atoms with Crippen LogP contribution in [0.25, 0.3) is 5.70 Å². The first-order valence-electron chi connectivity index (χ1n) is 3.80. The van der Waals surface area contributed by atoms with E-state index in [1.165, 1.54) is 16.7 Å². The maximum absolute atomic E-state index is 3.95. The van der Waals surface area contributed by atoms with Crippen molar-refractivity contribution in [3.63, 3.8) is 0 Å². The van der Waals surface area contributed by atoms with Crippen LogP contribution in [0, 0.1) is 6.92 Å². The van der Waals surface area contributed by atoms with Crippen LogP contribution >= 0.6 is 0 Å². The molecule has 0 radical (unpaired) electrons. The molecule has 1 aromatic rings. The molecule has 11 heavy (non-hydrogen) atoms. The Morgan fingerprint density at radius 2 is 2.27 bits per heavy atom. The van der Waals surface area contributed by atoms with Crippen molar-refractivity contribution in [2.75, 3.05) is 0 Å². The van der Waals surface area contributed by atoms with Crippen LogP contribution in [0.2, 0.25) is 0 Å². The smallest absolute Gasteiger partial charge is 0.0407 e. The van der Waals surface area contributed by atoms with Crippen molar-refractivity contribution in [3.05, 3.63) is 41.5 Å². The maximum atomic E-state index is 3.95. The zero-order valence-corrected chi connectivity index (χ0v) is 6.65. The quantitative estimate of drug-likeness (QED) is 0.589. The zero-order valence-electron chi connectivity index (χ0n) is 6.65. The summed E-state index contributed by atoms with van der Waals surface area (Å²) in [4.78, 5) is 0. The highest BCUT2D eigenvalue weighted by molar-refractivity contribution is 5.71. The number of rotatable bonds is 0. The van der Waals surface area contributed by atoms with Gasteiger partial charge in [0.25, 0.3) is 0 Å². The second-order valence-electron chi connectivity index (χ2n) is 2.94. The van der Waals surface area contributed by atoms with Crippen LogP contribution in [0.15, 0.2) is 24.8 Å². The van der Waals surface area contributed by atoms with Gasteiger partial charge < -0.3 is 5.32 Å². The van der Waals surface area contributed by atoms with Gasteiger partial charge in [0.15, 0.2) is 0 Å². The first-order valence-corrected chi connectivity index (χ1v) is 3.80. The van der Waals surface area contributed by atoms with Crippen molar-refractivity contribution in [3.8, 4) is 0 Å². The fourth-order valence-electron chi connectivity index (χ4n) is 1.60. The Morgan fingerprint density at radius 1 is 1.45 bits per heavy atom. The number of aryl methyl sites for hydroxylation is 1. The standard InChI is InChI=1S/C10H11N/c1-7-4-3-5-9-6-11-8(2)10(7)9/h3-5,11H,2,6H2,1H3. The van der Waals surface area contributed by atoms with Gasteiger partial charge in [-0.2, -0.15) is 0 Å². The highest BCUT2D eigenvalue weighted by atomic mass is 14.9. The maximum Gasteiger partial charge on any atom is 0.0407 e. The minimum absolute atomic E-state index is 0.940. The number of hydrogen-bond acceptors (Lipinski definition) is 1. The summed E-state index contributed by atoms with van der Waals surface area (Å²) < 4.78 is 0. The van der Waals surface area contributed by atoms with Gasteiger partial charge in [-0.25, -0.2) is 0 Å². The topological polar surface area (TPSA) is 12.0 Å². The molecule has 0 aromatic heterocycles. The molecular formula is C10H11N. The Morgan fingerprint density at radius 3 is 3.00 bits per heavy atom. The van der Waals surface area contributed by atoms with Gasteiger partial charge in [0.1, 0.15) is 0 Å². The van der Waals surface area contributed by atoms with Gasteiger partial charge in [-0.15, -0.1) is 0 Å². The van der Waals surface area contributed by atoms with Gasteiger partial charge >= 0.3 is 0 Å². The number of fused-ring (bicyclic) bond motifs is 1. The summed E-state index contributed by atoms with van der Waals surface area (Å²) in [6, 6.07) is 6.36. The van der Waals surface area contributed by atoms with Gasteiger partial charge in [-0.1, -0.05) is 24.8 Å². The van der Waals surface area contributed by atoms with Crippen LogP contribution in [0.4, 0.5) is 0 Å². The molecule has 1 N–H and O–H groups in total. The SMILES string of the molecule is C=C1NCc2cccc(C)c21. The van der Waals surface area contributed by atoms with Crippen LogP contribution in [0.5, 0.6) is 0 Å². The lowest BCUT2D eigenvalue weighted by Gasteiger charge is -2.01. The van der Waals surface area contributed by atoms with E-state index in [0.717, 1.165) is 12.2 Å². The summed E-state index contributed by atoms with van der Waals surface area (Å²) in [5, 5.41) is 3.23. The van der Waals surface area contributed by atoms with Crippen LogP contribution in [0.1, 0.15) is 16.7 Å². The van der Waals surface area contributed by atoms with Crippen molar-refractivity contribution in [2.45, 2.75) is 13.5 Å². The predicted octanol–water partition coefficient (Wildman–Crippen LogP) is 2.07. The number of benzene rings is 1. The molecule has 1 heteroatoms. The molecular weight excluding hydrogens is 134 g/mol. The molecule has 0 atom stereocenters. The van der Waals surface area contributed by atoms with E-state index in [9.17, 15) is 0 Å². The Hall–Kier alpha value is -1.24. The Labute approximate surface area is 66.7 Å². The second kappa shape index (κ2) is 2.12. The summed E-state index contributed by atoms with van der Waals surface area (Å²) in [6.45, 7) is 7.01. The van der Waals surface area contributed by atoms with E-state index in [1.54, 1.807) is 0 Å². The van der Waals surface area contributed by atoms with Crippen LogP contribution in [-0.4, -0.2) is 0 Å². The normalized spacial score (nSPS) is 14.5. The molecule has 0 amide bonds. The van der Waals surface area contributed by atoms with Crippen molar-refractivity contribution >= 4 is 5.70 Å². The molecule has 2 rings (SSSR count). The Kier molecular flexibility index (Phi) is 1.25. The average molecular weight is 145 g/mol. The van der Waals surface area contributed by atoms with E-state index in [0.29, 0.717) is 0 Å². The van der Waals surface area contributed by atoms with E-state index in [2.05, 4.69) is 37.0 Å². The summed E-state index contributed by atoms with van der Waals surface area (Å²) in [7, 11) is 0. The molecule has 1 aliphatic heterocycles. The second-order valence-corrected chi connectivity index (χ2v) is 2.94. The molecule has 1 heterocycles. The molecule has 56 valence electrons. The third-order valence-corrected chi connectivity index (χ3v) is 2.15. The molecule has 0 unspecified atom stereocenters. The van der Waals surface area contributed by atoms with E-state index in [-0.39, 0.29) is 0 Å². The third-order valence-electron chi connectivity index (χ3n) is 2.15. The summed E-state index contributed by atoms with van der Waals surface area (Å²) >= 11 is 0. The van der Waals surface area contributed by atoms with Crippen molar-refractivity contribution in [1.29, 1.82) is 0 Å². The van der Waals surface area contributed by atoms with E-state index in [4.69, 9.17) is 0 Å². The van der Waals surface area contributed by atoms with Crippen molar-refractivity contribution in [2.24, 2.45) is 0 Å². The van der Waals surface area contributed by atoms with Crippen LogP contribution in [0.3, 0.4) is 0 Å². The predicted molar refractivity (Wildman–Crippen MR) is 47.1 cm³/mol. The largest absolute Gasteiger partial charge is 0.381 e. The molecule has 0 saturated heterocycles. The Balaban J connectivity index is 2.68. The fraction of sp³-hybridized carbons (Fsp3) is 0.200. The lowest BCUT2D eigenvalue weighted by Crippen LogP contribution is -1.98. The molecule has 0 saturated carbocycles. The first-order chi connectivity index (χ1) is 5.29. The molecule has 0 fully saturated rings. The highest BCUT2D eigenvalue weighted by Crippen LogP contribution is 2.25. The molecule has 0 bridgehead atoms. The van der Waals surface area contributed by atoms with Crippen LogP contribution in [-0.2, 0) is 6.54 Å². The number of hydrogen-bond donors (Lipinski definition) is 1. The molecule has 0 spiro atoms. The third kappa shape index (κ3) is 0.845. The minimum atomic E-state index is 0.940. The first kappa shape index (κ1) is 6.47. The number of nitrogens with one attached hydrogen (secondary N) is 1. The molecule has 1 nitrogen and oxygen atoms in total. The Bertz CT molecular complexity index is 313. The zero-order chi connectivity index (χ0) is 7.84. The molecule has 0 aliphatic carbocycles. The minimum Gasteiger partial charge on any atom is -0.381 e. The average Bonchev–Trinajstić information content (AvgIpc) is 2.34. The van der Waals surface area contributed by atoms with E-state index < -0.39 is 0 Å². The van der Waals surface area contributed by atoms with E-state index >= 15 is 0 Å². The summed E-state index contributed by atoms with van der Waals surface area (Å²) in [5.41, 5.74) is 5.07. The fourth-order valence-corrected chi connectivity index (χ4v) is 1.60.